The Morgan fingerprint density at radius 2 is 1.64 bits per heavy atom. The van der Waals surface area contributed by atoms with E-state index in [0.717, 1.165) is 33.7 Å². The van der Waals surface area contributed by atoms with Crippen LogP contribution in [0.15, 0.2) is 88.8 Å². The summed E-state index contributed by atoms with van der Waals surface area (Å²) < 4.78 is 11.7. The van der Waals surface area contributed by atoms with E-state index in [0.29, 0.717) is 24.1 Å². The van der Waals surface area contributed by atoms with Crippen molar-refractivity contribution < 1.29 is 14.3 Å². The molecule has 2 heterocycles. The number of carbonyl (C=O) groups excluding carboxylic acids is 1. The summed E-state index contributed by atoms with van der Waals surface area (Å²) in [4.78, 5) is 18.7. The number of amides is 1. The predicted octanol–water partition coefficient (Wildman–Crippen LogP) is 6.07. The molecule has 2 aliphatic rings. The first-order valence-corrected chi connectivity index (χ1v) is 12.5. The minimum Gasteiger partial charge on any atom is -0.490 e. The highest BCUT2D eigenvalue weighted by Gasteiger charge is 2.36. The van der Waals surface area contributed by atoms with Crippen LogP contribution in [0.5, 0.6) is 11.5 Å². The standard InChI is InChI=1S/C29H25N3O3S/c1-19-13-20(2)15-24(14-19)35-12-11-34-23-10-6-7-21(16-23)17-25-27(30)32-26(22-8-4-3-5-9-22)18-36-29(32)31-28(25)33/h3-10,13-18,30H,11-12H2,1-2H3. The lowest BCUT2D eigenvalue weighted by Gasteiger charge is -2.26. The van der Waals surface area contributed by atoms with Crippen LogP contribution >= 0.6 is 11.8 Å². The molecular weight excluding hydrogens is 470 g/mol. The van der Waals surface area contributed by atoms with Crippen molar-refractivity contribution in [3.8, 4) is 11.5 Å². The number of aryl methyl sites for hydroxylation is 2. The Balaban J connectivity index is 1.28. The lowest BCUT2D eigenvalue weighted by Crippen LogP contribution is -2.38. The highest BCUT2D eigenvalue weighted by Crippen LogP contribution is 2.37. The second-order valence-electron chi connectivity index (χ2n) is 8.52. The van der Waals surface area contributed by atoms with E-state index in [1.807, 2.05) is 86.0 Å². The molecule has 3 aromatic rings. The average molecular weight is 496 g/mol. The zero-order valence-corrected chi connectivity index (χ0v) is 20.8. The Labute approximate surface area is 214 Å². The van der Waals surface area contributed by atoms with Crippen LogP contribution in [0.1, 0.15) is 22.3 Å². The minimum atomic E-state index is -0.422. The number of thioether (sulfide) groups is 1. The number of amidine groups is 2. The third-order valence-electron chi connectivity index (χ3n) is 5.67. The summed E-state index contributed by atoms with van der Waals surface area (Å²) in [6.45, 7) is 4.88. The number of hydrogen-bond donors (Lipinski definition) is 1. The molecule has 0 unspecified atom stereocenters. The van der Waals surface area contributed by atoms with E-state index in [9.17, 15) is 4.79 Å². The van der Waals surface area contributed by atoms with Crippen molar-refractivity contribution in [2.45, 2.75) is 13.8 Å². The fraction of sp³-hybridized carbons (Fsp3) is 0.138. The first kappa shape index (κ1) is 23.6. The van der Waals surface area contributed by atoms with Gasteiger partial charge in [-0.05, 0) is 66.4 Å². The maximum absolute atomic E-state index is 12.8. The van der Waals surface area contributed by atoms with Gasteiger partial charge in [0, 0.05) is 5.41 Å². The van der Waals surface area contributed by atoms with Crippen LogP contribution in [0.4, 0.5) is 0 Å². The van der Waals surface area contributed by atoms with Crippen LogP contribution in [-0.2, 0) is 4.79 Å². The summed E-state index contributed by atoms with van der Waals surface area (Å²) in [5.74, 6) is 1.18. The van der Waals surface area contributed by atoms with E-state index in [1.165, 1.54) is 11.8 Å². The number of rotatable bonds is 7. The summed E-state index contributed by atoms with van der Waals surface area (Å²) in [6, 6.07) is 23.3. The van der Waals surface area contributed by atoms with Gasteiger partial charge in [0.1, 0.15) is 30.5 Å². The number of aliphatic imine (C=N–C) groups is 1. The summed E-state index contributed by atoms with van der Waals surface area (Å²) in [7, 11) is 0. The molecule has 5 rings (SSSR count). The van der Waals surface area contributed by atoms with Crippen molar-refractivity contribution in [1.82, 2.24) is 4.90 Å². The maximum Gasteiger partial charge on any atom is 0.283 e. The Morgan fingerprint density at radius 1 is 0.917 bits per heavy atom. The predicted molar refractivity (Wildman–Crippen MR) is 145 cm³/mol. The molecule has 1 amide bonds. The van der Waals surface area contributed by atoms with Gasteiger partial charge in [0.2, 0.25) is 0 Å². The van der Waals surface area contributed by atoms with Crippen LogP contribution in [0.25, 0.3) is 11.8 Å². The molecule has 3 aromatic carbocycles. The number of ether oxygens (including phenoxy) is 2. The molecule has 0 fully saturated rings. The zero-order chi connectivity index (χ0) is 25.1. The Morgan fingerprint density at radius 3 is 2.39 bits per heavy atom. The molecule has 0 aliphatic carbocycles. The van der Waals surface area contributed by atoms with E-state index in [4.69, 9.17) is 14.9 Å². The summed E-state index contributed by atoms with van der Waals surface area (Å²) >= 11 is 1.35. The topological polar surface area (TPSA) is 75.0 Å². The van der Waals surface area contributed by atoms with Crippen molar-refractivity contribution in [3.05, 3.63) is 106 Å². The highest BCUT2D eigenvalue weighted by molar-refractivity contribution is 8.17. The molecule has 36 heavy (non-hydrogen) atoms. The molecule has 6 nitrogen and oxygen atoms in total. The van der Waals surface area contributed by atoms with Crippen molar-refractivity contribution in [3.63, 3.8) is 0 Å². The van der Waals surface area contributed by atoms with Crippen LogP contribution < -0.4 is 9.47 Å². The van der Waals surface area contributed by atoms with Gasteiger partial charge in [-0.1, -0.05) is 60.3 Å². The van der Waals surface area contributed by atoms with Gasteiger partial charge in [0.15, 0.2) is 5.17 Å². The fourth-order valence-corrected chi connectivity index (χ4v) is 5.00. The number of fused-ring (bicyclic) bond motifs is 1. The Kier molecular flexibility index (Phi) is 6.73. The lowest BCUT2D eigenvalue weighted by molar-refractivity contribution is -0.114. The molecule has 0 bridgehead atoms. The third-order valence-corrected chi connectivity index (χ3v) is 6.49. The molecule has 0 radical (unpaired) electrons. The number of nitrogens with one attached hydrogen (secondary N) is 1. The molecule has 0 saturated heterocycles. The lowest BCUT2D eigenvalue weighted by atomic mass is 10.1. The first-order valence-electron chi connectivity index (χ1n) is 11.6. The summed E-state index contributed by atoms with van der Waals surface area (Å²) in [6.07, 6.45) is 1.69. The molecule has 0 atom stereocenters. The van der Waals surface area contributed by atoms with Crippen LogP contribution in [0.2, 0.25) is 0 Å². The van der Waals surface area contributed by atoms with Gasteiger partial charge >= 0.3 is 0 Å². The maximum atomic E-state index is 12.8. The molecule has 1 N–H and O–H groups in total. The summed E-state index contributed by atoms with van der Waals surface area (Å²) in [5, 5.41) is 11.2. The van der Waals surface area contributed by atoms with E-state index >= 15 is 0 Å². The summed E-state index contributed by atoms with van der Waals surface area (Å²) in [5.41, 5.74) is 5.11. The largest absolute Gasteiger partial charge is 0.490 e. The molecule has 0 saturated carbocycles. The monoisotopic (exact) mass is 495 g/mol. The van der Waals surface area contributed by atoms with E-state index in [2.05, 4.69) is 11.1 Å². The smallest absolute Gasteiger partial charge is 0.283 e. The van der Waals surface area contributed by atoms with Crippen molar-refractivity contribution >= 4 is 40.4 Å². The second kappa shape index (κ2) is 10.3. The van der Waals surface area contributed by atoms with Crippen LogP contribution in [-0.4, -0.2) is 35.0 Å². The molecule has 0 aromatic heterocycles. The number of nitrogens with zero attached hydrogens (tertiary/aromatic N) is 2. The third kappa shape index (κ3) is 5.11. The molecule has 7 heteroatoms. The minimum absolute atomic E-state index is 0.110. The fourth-order valence-electron chi connectivity index (χ4n) is 4.11. The second-order valence-corrected chi connectivity index (χ2v) is 9.36. The SMILES string of the molecule is Cc1cc(C)cc(OCCOc2cccc(C=C3C(=N)N4C(c5ccccc5)=CSC4=NC3=O)c2)c1. The highest BCUT2D eigenvalue weighted by atomic mass is 32.2. The van der Waals surface area contributed by atoms with Gasteiger partial charge in [-0.15, -0.1) is 0 Å². The van der Waals surface area contributed by atoms with Gasteiger partial charge in [0.25, 0.3) is 5.91 Å². The van der Waals surface area contributed by atoms with Gasteiger partial charge < -0.3 is 9.47 Å². The molecular formula is C29H25N3O3S. The first-order chi connectivity index (χ1) is 17.5. The van der Waals surface area contributed by atoms with Gasteiger partial charge in [-0.2, -0.15) is 4.99 Å². The van der Waals surface area contributed by atoms with Gasteiger partial charge in [-0.3, -0.25) is 15.1 Å². The Hall–Kier alpha value is -4.10. The van der Waals surface area contributed by atoms with Crippen LogP contribution in [0.3, 0.4) is 0 Å². The van der Waals surface area contributed by atoms with Crippen molar-refractivity contribution in [2.24, 2.45) is 4.99 Å². The zero-order valence-electron chi connectivity index (χ0n) is 20.0. The van der Waals surface area contributed by atoms with Gasteiger partial charge in [0.05, 0.1) is 11.3 Å². The number of hydrogen-bond acceptors (Lipinski definition) is 5. The van der Waals surface area contributed by atoms with E-state index < -0.39 is 5.91 Å². The van der Waals surface area contributed by atoms with Gasteiger partial charge in [-0.25, -0.2) is 0 Å². The normalized spacial score (nSPS) is 16.1. The van der Waals surface area contributed by atoms with Crippen molar-refractivity contribution in [2.75, 3.05) is 13.2 Å². The van der Waals surface area contributed by atoms with Crippen molar-refractivity contribution in [1.29, 1.82) is 5.41 Å². The molecule has 180 valence electrons. The average Bonchev–Trinajstić information content (AvgIpc) is 3.29. The molecule has 0 spiro atoms. The van der Waals surface area contributed by atoms with E-state index in [1.54, 1.807) is 11.0 Å². The molecule has 2 aliphatic heterocycles. The number of benzene rings is 3. The quantitative estimate of drug-likeness (QED) is 0.318. The van der Waals surface area contributed by atoms with Crippen LogP contribution in [0, 0.1) is 19.3 Å². The Bertz CT molecular complexity index is 1410. The number of carbonyl (C=O) groups is 1. The van der Waals surface area contributed by atoms with E-state index in [-0.39, 0.29) is 11.4 Å².